The summed E-state index contributed by atoms with van der Waals surface area (Å²) in [5.74, 6) is 1.36. The van der Waals surface area contributed by atoms with Gasteiger partial charge in [-0.1, -0.05) is 6.07 Å². The second-order valence-corrected chi connectivity index (χ2v) is 8.05. The Balaban J connectivity index is 1.26. The predicted octanol–water partition coefficient (Wildman–Crippen LogP) is 4.57. The third-order valence-electron chi connectivity index (χ3n) is 5.52. The Bertz CT molecular complexity index is 1250. The number of hydrogen-bond acceptors (Lipinski definition) is 6. The van der Waals surface area contributed by atoms with E-state index in [0.717, 1.165) is 41.9 Å². The van der Waals surface area contributed by atoms with E-state index < -0.39 is 0 Å². The zero-order chi connectivity index (χ0) is 22.6. The van der Waals surface area contributed by atoms with Crippen molar-refractivity contribution in [3.63, 3.8) is 0 Å². The molecule has 1 amide bonds. The number of nitrogens with one attached hydrogen (secondary N) is 2. The van der Waals surface area contributed by atoms with Crippen molar-refractivity contribution in [1.29, 1.82) is 0 Å². The van der Waals surface area contributed by atoms with Gasteiger partial charge in [-0.15, -0.1) is 0 Å². The second-order valence-electron chi connectivity index (χ2n) is 8.05. The lowest BCUT2D eigenvalue weighted by molar-refractivity contribution is 0.102. The monoisotopic (exact) mass is 439 g/mol. The smallest absolute Gasteiger partial charge is 0.255 e. The first kappa shape index (κ1) is 20.7. The molecule has 33 heavy (non-hydrogen) atoms. The van der Waals surface area contributed by atoms with Crippen LogP contribution in [0.4, 0.5) is 23.1 Å². The van der Waals surface area contributed by atoms with Crippen molar-refractivity contribution in [2.75, 3.05) is 28.6 Å². The minimum Gasteiger partial charge on any atom is -0.341 e. The van der Waals surface area contributed by atoms with Crippen molar-refractivity contribution in [2.45, 2.75) is 19.8 Å². The average molecular weight is 440 g/mol. The van der Waals surface area contributed by atoms with Gasteiger partial charge in [0.25, 0.3) is 5.91 Å². The highest BCUT2D eigenvalue weighted by Gasteiger charge is 2.16. The van der Waals surface area contributed by atoms with E-state index in [2.05, 4.69) is 30.6 Å². The molecule has 0 radical (unpaired) electrons. The molecule has 0 atom stereocenters. The molecule has 8 nitrogen and oxygen atoms in total. The first-order valence-electron chi connectivity index (χ1n) is 11.0. The summed E-state index contributed by atoms with van der Waals surface area (Å²) in [4.78, 5) is 24.2. The van der Waals surface area contributed by atoms with E-state index in [0.29, 0.717) is 11.3 Å². The largest absolute Gasteiger partial charge is 0.341 e. The number of amides is 1. The molecule has 2 aromatic heterocycles. The first-order valence-corrected chi connectivity index (χ1v) is 11.0. The van der Waals surface area contributed by atoms with Crippen molar-refractivity contribution in [3.05, 3.63) is 84.3 Å². The van der Waals surface area contributed by atoms with Gasteiger partial charge >= 0.3 is 0 Å². The highest BCUT2D eigenvalue weighted by atomic mass is 16.1. The van der Waals surface area contributed by atoms with Crippen LogP contribution in [0.5, 0.6) is 0 Å². The van der Waals surface area contributed by atoms with Crippen molar-refractivity contribution in [2.24, 2.45) is 0 Å². The number of aryl methyl sites for hydroxylation is 1. The predicted molar refractivity (Wildman–Crippen MR) is 129 cm³/mol. The molecule has 1 saturated heterocycles. The zero-order valence-electron chi connectivity index (χ0n) is 18.4. The van der Waals surface area contributed by atoms with Crippen molar-refractivity contribution in [3.8, 4) is 5.69 Å². The molecule has 0 bridgehead atoms. The van der Waals surface area contributed by atoms with Crippen LogP contribution in [0.3, 0.4) is 0 Å². The number of hydrogen-bond donors (Lipinski definition) is 2. The second kappa shape index (κ2) is 9.12. The van der Waals surface area contributed by atoms with Crippen LogP contribution < -0.4 is 15.5 Å². The summed E-state index contributed by atoms with van der Waals surface area (Å²) in [6, 6.07) is 18.7. The van der Waals surface area contributed by atoms with Crippen molar-refractivity contribution >= 4 is 29.0 Å². The molecule has 1 aliphatic rings. The van der Waals surface area contributed by atoms with Crippen LogP contribution in [0.1, 0.15) is 28.9 Å². The van der Waals surface area contributed by atoms with Gasteiger partial charge in [-0.25, -0.2) is 9.67 Å². The fraction of sp³-hybridized carbons (Fsp3) is 0.200. The minimum atomic E-state index is -0.175. The van der Waals surface area contributed by atoms with Gasteiger partial charge in [0.1, 0.15) is 5.82 Å². The van der Waals surface area contributed by atoms with Gasteiger partial charge in [-0.05, 0) is 68.3 Å². The van der Waals surface area contributed by atoms with Crippen molar-refractivity contribution in [1.82, 2.24) is 19.7 Å². The van der Waals surface area contributed by atoms with Gasteiger partial charge in [0.2, 0.25) is 5.95 Å². The fourth-order valence-electron chi connectivity index (χ4n) is 3.87. The third-order valence-corrected chi connectivity index (χ3v) is 5.52. The molecular formula is C25H25N7O. The number of anilines is 4. The first-order chi connectivity index (χ1) is 16.1. The highest BCUT2D eigenvalue weighted by Crippen LogP contribution is 2.22. The molecule has 2 N–H and O–H groups in total. The fourth-order valence-corrected chi connectivity index (χ4v) is 3.87. The normalized spacial score (nSPS) is 13.2. The number of rotatable bonds is 6. The molecule has 8 heteroatoms. The van der Waals surface area contributed by atoms with Crippen LogP contribution in [0.15, 0.2) is 73.1 Å². The maximum Gasteiger partial charge on any atom is 0.255 e. The lowest BCUT2D eigenvalue weighted by Crippen LogP contribution is -2.21. The third kappa shape index (κ3) is 4.85. The Hall–Kier alpha value is -4.20. The van der Waals surface area contributed by atoms with Crippen LogP contribution in [-0.2, 0) is 0 Å². The summed E-state index contributed by atoms with van der Waals surface area (Å²) in [5.41, 5.74) is 3.93. The Morgan fingerprint density at radius 3 is 2.48 bits per heavy atom. The van der Waals surface area contributed by atoms with Crippen LogP contribution in [0.25, 0.3) is 5.69 Å². The van der Waals surface area contributed by atoms with E-state index in [1.54, 1.807) is 16.9 Å². The molecule has 5 rings (SSSR count). The summed E-state index contributed by atoms with van der Waals surface area (Å²) < 4.78 is 1.72. The Kier molecular flexibility index (Phi) is 5.72. The molecule has 0 aliphatic carbocycles. The SMILES string of the molecule is Cc1cc(Nc2ccc(NC(=O)c3cccc(-n4cccn4)c3)cc2)nc(N2CCCC2)n1. The van der Waals surface area contributed by atoms with Gasteiger partial charge in [-0.2, -0.15) is 10.1 Å². The van der Waals surface area contributed by atoms with Gasteiger partial charge in [-0.3, -0.25) is 4.79 Å². The summed E-state index contributed by atoms with van der Waals surface area (Å²) in [6.07, 6.45) is 5.91. The van der Waals surface area contributed by atoms with E-state index in [9.17, 15) is 4.79 Å². The van der Waals surface area contributed by atoms with E-state index in [-0.39, 0.29) is 5.91 Å². The summed E-state index contributed by atoms with van der Waals surface area (Å²) >= 11 is 0. The number of nitrogens with zero attached hydrogens (tertiary/aromatic N) is 5. The summed E-state index contributed by atoms with van der Waals surface area (Å²) in [7, 11) is 0. The number of carbonyl (C=O) groups is 1. The number of aromatic nitrogens is 4. The molecule has 0 unspecified atom stereocenters. The quantitative estimate of drug-likeness (QED) is 0.458. The van der Waals surface area contributed by atoms with Gasteiger partial charge in [0, 0.05) is 54.2 Å². The lowest BCUT2D eigenvalue weighted by atomic mass is 10.2. The molecule has 0 saturated carbocycles. The molecule has 166 valence electrons. The highest BCUT2D eigenvalue weighted by molar-refractivity contribution is 6.04. The average Bonchev–Trinajstić information content (AvgIpc) is 3.55. The van der Waals surface area contributed by atoms with E-state index in [4.69, 9.17) is 0 Å². The maximum atomic E-state index is 12.7. The Labute approximate surface area is 192 Å². The number of carbonyl (C=O) groups excluding carboxylic acids is 1. The van der Waals surface area contributed by atoms with E-state index >= 15 is 0 Å². The summed E-state index contributed by atoms with van der Waals surface area (Å²) in [5, 5.41) is 10.5. The zero-order valence-corrected chi connectivity index (χ0v) is 18.4. The van der Waals surface area contributed by atoms with Crippen LogP contribution in [0.2, 0.25) is 0 Å². The Morgan fingerprint density at radius 1 is 0.939 bits per heavy atom. The van der Waals surface area contributed by atoms with E-state index in [1.165, 1.54) is 12.8 Å². The molecule has 2 aromatic carbocycles. The molecular weight excluding hydrogens is 414 g/mol. The van der Waals surface area contributed by atoms with Crippen LogP contribution in [0, 0.1) is 6.92 Å². The van der Waals surface area contributed by atoms with Crippen LogP contribution in [-0.4, -0.2) is 38.7 Å². The molecule has 1 aliphatic heterocycles. The maximum absolute atomic E-state index is 12.7. The Morgan fingerprint density at radius 2 is 1.73 bits per heavy atom. The molecule has 3 heterocycles. The standard InChI is InChI=1S/C25H25N7O/c1-18-16-23(30-25(27-18)31-13-2-3-14-31)28-20-8-10-21(11-9-20)29-24(33)19-6-4-7-22(17-19)32-15-5-12-26-32/h4-12,15-17H,2-3,13-14H2,1H3,(H,29,33)(H,27,28,30). The topological polar surface area (TPSA) is 88.0 Å². The van der Waals surface area contributed by atoms with Gasteiger partial charge < -0.3 is 15.5 Å². The number of benzene rings is 2. The van der Waals surface area contributed by atoms with Gasteiger partial charge in [0.05, 0.1) is 5.69 Å². The van der Waals surface area contributed by atoms with E-state index in [1.807, 2.05) is 67.7 Å². The molecule has 0 spiro atoms. The van der Waals surface area contributed by atoms with Gasteiger partial charge in [0.15, 0.2) is 0 Å². The lowest BCUT2D eigenvalue weighted by Gasteiger charge is -2.17. The molecule has 1 fully saturated rings. The summed E-state index contributed by atoms with van der Waals surface area (Å²) in [6.45, 7) is 3.98. The van der Waals surface area contributed by atoms with Crippen LogP contribution >= 0.6 is 0 Å². The molecule has 4 aromatic rings. The minimum absolute atomic E-state index is 0.175. The van der Waals surface area contributed by atoms with Crippen molar-refractivity contribution < 1.29 is 4.79 Å².